The van der Waals surface area contributed by atoms with Gasteiger partial charge in [0.1, 0.15) is 9.83 Å². The number of thioether (sulfide) groups is 1. The van der Waals surface area contributed by atoms with Gasteiger partial charge in [0.2, 0.25) is 5.91 Å². The standard InChI is InChI=1S/C29H29N3O4S3/c1-16-12-13-19-21(14-16)39-26(24(19)28(35)36-2)30-22(33)15-37-29-31-25-23(18-10-6-7-11-20(18)38-25)27(34)32(29)17-8-4-3-5-9-17/h3-5,8-9,16H,6-7,10-15H2,1-2H3,(H,30,33)/t16-/m1/s1. The van der Waals surface area contributed by atoms with E-state index in [1.165, 1.54) is 35.1 Å². The molecule has 1 N–H and O–H groups in total. The number of thiophene rings is 2. The highest BCUT2D eigenvalue weighted by molar-refractivity contribution is 7.99. The van der Waals surface area contributed by atoms with Gasteiger partial charge in [0.15, 0.2) is 5.16 Å². The lowest BCUT2D eigenvalue weighted by atomic mass is 9.88. The van der Waals surface area contributed by atoms with Gasteiger partial charge >= 0.3 is 5.97 Å². The van der Waals surface area contributed by atoms with Crippen molar-refractivity contribution in [3.63, 3.8) is 0 Å². The van der Waals surface area contributed by atoms with Gasteiger partial charge in [-0.15, -0.1) is 22.7 Å². The van der Waals surface area contributed by atoms with Crippen molar-refractivity contribution in [3.8, 4) is 5.69 Å². The van der Waals surface area contributed by atoms with Gasteiger partial charge in [-0.2, -0.15) is 0 Å². The van der Waals surface area contributed by atoms with Crippen LogP contribution in [0.2, 0.25) is 0 Å². The molecule has 2 aliphatic rings. The van der Waals surface area contributed by atoms with Gasteiger partial charge in [0.05, 0.1) is 29.5 Å². The third-order valence-corrected chi connectivity index (χ3v) is 10.8. The van der Waals surface area contributed by atoms with Crippen LogP contribution in [0.1, 0.15) is 57.4 Å². The monoisotopic (exact) mass is 579 g/mol. The molecule has 39 heavy (non-hydrogen) atoms. The van der Waals surface area contributed by atoms with Gasteiger partial charge in [-0.1, -0.05) is 36.9 Å². The third kappa shape index (κ3) is 4.94. The molecule has 0 spiro atoms. The van der Waals surface area contributed by atoms with E-state index in [4.69, 9.17) is 9.72 Å². The maximum absolute atomic E-state index is 13.9. The summed E-state index contributed by atoms with van der Waals surface area (Å²) in [6.45, 7) is 2.20. The Kier molecular flexibility index (Phi) is 7.35. The second-order valence-electron chi connectivity index (χ2n) is 10.1. The number of benzene rings is 1. The molecule has 1 atom stereocenters. The maximum Gasteiger partial charge on any atom is 0.341 e. The zero-order chi connectivity index (χ0) is 27.1. The zero-order valence-electron chi connectivity index (χ0n) is 21.9. The van der Waals surface area contributed by atoms with Crippen LogP contribution in [0.4, 0.5) is 5.00 Å². The Balaban J connectivity index is 1.32. The molecular formula is C29H29N3O4S3. The zero-order valence-corrected chi connectivity index (χ0v) is 24.3. The highest BCUT2D eigenvalue weighted by Crippen LogP contribution is 2.40. The van der Waals surface area contributed by atoms with Crippen molar-refractivity contribution in [2.45, 2.75) is 57.0 Å². The average Bonchev–Trinajstić information content (AvgIpc) is 3.49. The fourth-order valence-corrected chi connectivity index (χ4v) is 9.07. The van der Waals surface area contributed by atoms with Crippen LogP contribution < -0.4 is 10.9 Å². The van der Waals surface area contributed by atoms with Crippen molar-refractivity contribution in [1.29, 1.82) is 0 Å². The van der Waals surface area contributed by atoms with E-state index in [1.807, 2.05) is 30.3 Å². The Labute approximate surface area is 238 Å². The summed E-state index contributed by atoms with van der Waals surface area (Å²) in [6.07, 6.45) is 6.81. The second-order valence-corrected chi connectivity index (χ2v) is 13.3. The van der Waals surface area contributed by atoms with E-state index in [9.17, 15) is 14.4 Å². The van der Waals surface area contributed by atoms with Crippen LogP contribution in [0.25, 0.3) is 15.9 Å². The summed E-state index contributed by atoms with van der Waals surface area (Å²) in [5, 5.41) is 4.71. The van der Waals surface area contributed by atoms with Crippen molar-refractivity contribution in [3.05, 3.63) is 67.1 Å². The number of fused-ring (bicyclic) bond motifs is 4. The number of carbonyl (C=O) groups is 2. The molecule has 4 aromatic rings. The molecule has 10 heteroatoms. The lowest BCUT2D eigenvalue weighted by Crippen LogP contribution is -2.23. The SMILES string of the molecule is COC(=O)c1c(NC(=O)CSc2nc3sc4c(c3c(=O)n2-c2ccccc2)CCCC4)sc2c1CC[C@@H](C)C2. The van der Waals surface area contributed by atoms with Crippen molar-refractivity contribution in [1.82, 2.24) is 9.55 Å². The smallest absolute Gasteiger partial charge is 0.341 e. The minimum Gasteiger partial charge on any atom is -0.465 e. The van der Waals surface area contributed by atoms with Crippen molar-refractivity contribution in [2.75, 3.05) is 18.2 Å². The molecule has 6 rings (SSSR count). The highest BCUT2D eigenvalue weighted by atomic mass is 32.2. The fraction of sp³-hybridized carbons (Fsp3) is 0.379. The summed E-state index contributed by atoms with van der Waals surface area (Å²) in [4.78, 5) is 47.8. The summed E-state index contributed by atoms with van der Waals surface area (Å²) in [5.74, 6) is -0.0811. The number of methoxy groups -OCH3 is 1. The quantitative estimate of drug-likeness (QED) is 0.170. The number of para-hydroxylation sites is 1. The number of aryl methyl sites for hydroxylation is 2. The first-order valence-electron chi connectivity index (χ1n) is 13.2. The van der Waals surface area contributed by atoms with E-state index >= 15 is 0 Å². The summed E-state index contributed by atoms with van der Waals surface area (Å²) in [7, 11) is 1.37. The predicted molar refractivity (Wildman–Crippen MR) is 158 cm³/mol. The van der Waals surface area contributed by atoms with E-state index in [1.54, 1.807) is 15.9 Å². The Morgan fingerprint density at radius 3 is 2.69 bits per heavy atom. The highest BCUT2D eigenvalue weighted by Gasteiger charge is 2.29. The van der Waals surface area contributed by atoms with E-state index in [0.29, 0.717) is 27.0 Å². The normalized spacial score (nSPS) is 16.5. The number of nitrogens with one attached hydrogen (secondary N) is 1. The molecule has 0 fully saturated rings. The third-order valence-electron chi connectivity index (χ3n) is 7.46. The lowest BCUT2D eigenvalue weighted by molar-refractivity contribution is -0.113. The van der Waals surface area contributed by atoms with Crippen molar-refractivity contribution < 1.29 is 14.3 Å². The van der Waals surface area contributed by atoms with Gasteiger partial charge in [0.25, 0.3) is 5.56 Å². The first kappa shape index (κ1) is 26.3. The molecule has 7 nitrogen and oxygen atoms in total. The predicted octanol–water partition coefficient (Wildman–Crippen LogP) is 6.03. The van der Waals surface area contributed by atoms with Gasteiger partial charge in [-0.3, -0.25) is 14.2 Å². The first-order valence-corrected chi connectivity index (χ1v) is 15.8. The average molecular weight is 580 g/mol. The van der Waals surface area contributed by atoms with Crippen LogP contribution in [0.5, 0.6) is 0 Å². The lowest BCUT2D eigenvalue weighted by Gasteiger charge is -2.18. The van der Waals surface area contributed by atoms with Crippen LogP contribution in [-0.4, -0.2) is 34.3 Å². The topological polar surface area (TPSA) is 90.3 Å². The molecule has 3 aromatic heterocycles. The largest absolute Gasteiger partial charge is 0.465 e. The number of esters is 1. The number of ether oxygens (including phenoxy) is 1. The Bertz CT molecular complexity index is 1640. The summed E-state index contributed by atoms with van der Waals surface area (Å²) < 4.78 is 6.69. The minimum atomic E-state index is -0.420. The molecule has 202 valence electrons. The van der Waals surface area contributed by atoms with Crippen LogP contribution in [-0.2, 0) is 35.2 Å². The van der Waals surface area contributed by atoms with Crippen LogP contribution in [0, 0.1) is 5.92 Å². The van der Waals surface area contributed by atoms with Crippen molar-refractivity contribution >= 4 is 61.5 Å². The van der Waals surface area contributed by atoms with E-state index < -0.39 is 5.97 Å². The minimum absolute atomic E-state index is 0.0510. The van der Waals surface area contributed by atoms with Gasteiger partial charge < -0.3 is 10.1 Å². The molecule has 0 bridgehead atoms. The number of aromatic nitrogens is 2. The number of hydrogen-bond acceptors (Lipinski definition) is 8. The Hall–Kier alpha value is -2.95. The number of amides is 1. The summed E-state index contributed by atoms with van der Waals surface area (Å²) >= 11 is 4.31. The second kappa shape index (κ2) is 10.9. The summed E-state index contributed by atoms with van der Waals surface area (Å²) in [5.41, 5.74) is 3.27. The van der Waals surface area contributed by atoms with Gasteiger partial charge in [-0.25, -0.2) is 9.78 Å². The number of carbonyl (C=O) groups excluding carboxylic acids is 2. The maximum atomic E-state index is 13.9. The van der Waals surface area contributed by atoms with E-state index in [0.717, 1.165) is 71.5 Å². The molecule has 1 aromatic carbocycles. The molecule has 2 aliphatic carbocycles. The molecule has 0 aliphatic heterocycles. The van der Waals surface area contributed by atoms with Crippen LogP contribution in [0.15, 0.2) is 40.3 Å². The first-order chi connectivity index (χ1) is 18.9. The number of rotatable bonds is 6. The van der Waals surface area contributed by atoms with E-state index in [-0.39, 0.29) is 17.2 Å². The van der Waals surface area contributed by atoms with Gasteiger partial charge in [0, 0.05) is 9.75 Å². The molecule has 0 saturated carbocycles. The molecule has 0 saturated heterocycles. The number of hydrogen-bond donors (Lipinski definition) is 1. The fourth-order valence-electron chi connectivity index (χ4n) is 5.54. The van der Waals surface area contributed by atoms with Crippen LogP contribution >= 0.6 is 34.4 Å². The molecule has 0 unspecified atom stereocenters. The van der Waals surface area contributed by atoms with Crippen LogP contribution in [0.3, 0.4) is 0 Å². The molecular weight excluding hydrogens is 551 g/mol. The molecule has 3 heterocycles. The number of anilines is 1. The van der Waals surface area contributed by atoms with Crippen molar-refractivity contribution in [2.24, 2.45) is 5.92 Å². The summed E-state index contributed by atoms with van der Waals surface area (Å²) in [6, 6.07) is 9.47. The Morgan fingerprint density at radius 1 is 1.10 bits per heavy atom. The van der Waals surface area contributed by atoms with E-state index in [2.05, 4.69) is 12.2 Å². The van der Waals surface area contributed by atoms with Gasteiger partial charge in [-0.05, 0) is 74.1 Å². The molecule has 1 amide bonds. The Morgan fingerprint density at radius 2 is 1.90 bits per heavy atom. The molecule has 0 radical (unpaired) electrons. The number of nitrogens with zero attached hydrogens (tertiary/aromatic N) is 2.